The molecule has 0 fully saturated rings. The minimum atomic E-state index is 0.775. The second kappa shape index (κ2) is 6.10. The second-order valence-corrected chi connectivity index (χ2v) is 9.66. The van der Waals surface area contributed by atoms with E-state index in [1.807, 2.05) is 24.7 Å². The molecule has 0 unspecified atom stereocenters. The molecule has 0 saturated heterocycles. The van der Waals surface area contributed by atoms with Gasteiger partial charge in [-0.2, -0.15) is 0 Å². The van der Waals surface area contributed by atoms with Gasteiger partial charge in [0, 0.05) is 34.7 Å². The molecule has 0 radical (unpaired) electrons. The van der Waals surface area contributed by atoms with E-state index in [1.54, 1.807) is 0 Å². The molecule has 2 aliphatic carbocycles. The molecule has 4 aromatic heterocycles. The summed E-state index contributed by atoms with van der Waals surface area (Å²) in [5.41, 5.74) is 15.2. The SMILES string of the molecule is c1ccc2c(c1)Cc1c-2ccc2c1-c1ccc3c(c1C2)c1cnccc1n1c2cccnc2nc31. The third-order valence-corrected chi connectivity index (χ3v) is 8.00. The number of rotatable bonds is 0. The van der Waals surface area contributed by atoms with Crippen molar-refractivity contribution in [3.05, 3.63) is 108 Å². The van der Waals surface area contributed by atoms with Crippen molar-refractivity contribution in [1.82, 2.24) is 19.4 Å². The summed E-state index contributed by atoms with van der Waals surface area (Å²) in [5.74, 6) is 0. The summed E-state index contributed by atoms with van der Waals surface area (Å²) in [4.78, 5) is 14.1. The third-order valence-electron chi connectivity index (χ3n) is 8.00. The lowest BCUT2D eigenvalue weighted by Gasteiger charge is -2.13. The highest BCUT2D eigenvalue weighted by Crippen LogP contribution is 2.50. The van der Waals surface area contributed by atoms with Crippen molar-refractivity contribution in [2.45, 2.75) is 12.8 Å². The Kier molecular flexibility index (Phi) is 3.11. The molecule has 7 aromatic rings. The molecule has 9 rings (SSSR count). The molecule has 2 aliphatic rings. The molecule has 0 spiro atoms. The van der Waals surface area contributed by atoms with Gasteiger partial charge in [-0.3, -0.25) is 9.38 Å². The van der Waals surface area contributed by atoms with Crippen LogP contribution in [0.2, 0.25) is 0 Å². The smallest absolute Gasteiger partial charge is 0.178 e. The summed E-state index contributed by atoms with van der Waals surface area (Å²) in [5, 5.41) is 3.60. The maximum atomic E-state index is 4.98. The van der Waals surface area contributed by atoms with Crippen molar-refractivity contribution >= 4 is 38.5 Å². The van der Waals surface area contributed by atoms with Crippen molar-refractivity contribution in [2.75, 3.05) is 0 Å². The maximum Gasteiger partial charge on any atom is 0.178 e. The lowest BCUT2D eigenvalue weighted by Crippen LogP contribution is -1.95. The average Bonchev–Trinajstić information content (AvgIpc) is 3.59. The van der Waals surface area contributed by atoms with E-state index in [4.69, 9.17) is 4.98 Å². The Morgan fingerprint density at radius 1 is 0.657 bits per heavy atom. The Hall–Kier alpha value is -4.57. The minimum Gasteiger partial charge on any atom is -0.290 e. The fraction of sp³-hybridized carbons (Fsp3) is 0.0645. The van der Waals surface area contributed by atoms with Gasteiger partial charge >= 0.3 is 0 Å². The highest BCUT2D eigenvalue weighted by atomic mass is 15.1. The van der Waals surface area contributed by atoms with Gasteiger partial charge < -0.3 is 0 Å². The minimum absolute atomic E-state index is 0.775. The predicted octanol–water partition coefficient (Wildman–Crippen LogP) is 6.73. The quantitative estimate of drug-likeness (QED) is 0.243. The first kappa shape index (κ1) is 17.8. The van der Waals surface area contributed by atoms with Crippen molar-refractivity contribution in [1.29, 1.82) is 0 Å². The average molecular weight is 447 g/mol. The van der Waals surface area contributed by atoms with Crippen LogP contribution in [0, 0.1) is 0 Å². The van der Waals surface area contributed by atoms with Crippen LogP contribution < -0.4 is 0 Å². The van der Waals surface area contributed by atoms with Crippen molar-refractivity contribution in [3.8, 4) is 22.3 Å². The monoisotopic (exact) mass is 446 g/mol. The van der Waals surface area contributed by atoms with Gasteiger partial charge in [0.25, 0.3) is 0 Å². The van der Waals surface area contributed by atoms with Crippen LogP contribution >= 0.6 is 0 Å². The molecule has 0 amide bonds. The third kappa shape index (κ3) is 2.11. The molecular formula is C31H18N4. The normalized spacial score (nSPS) is 13.5. The van der Waals surface area contributed by atoms with Gasteiger partial charge in [0.2, 0.25) is 0 Å². The van der Waals surface area contributed by atoms with Gasteiger partial charge in [-0.05, 0) is 81.6 Å². The van der Waals surface area contributed by atoms with Gasteiger partial charge in [-0.15, -0.1) is 0 Å². The van der Waals surface area contributed by atoms with Gasteiger partial charge in [0.15, 0.2) is 5.65 Å². The topological polar surface area (TPSA) is 43.1 Å². The summed E-state index contributed by atoms with van der Waals surface area (Å²) in [7, 11) is 0. The number of benzene rings is 3. The zero-order valence-electron chi connectivity index (χ0n) is 18.8. The first-order valence-corrected chi connectivity index (χ1v) is 12.0. The molecule has 4 nitrogen and oxygen atoms in total. The molecule has 0 atom stereocenters. The van der Waals surface area contributed by atoms with E-state index in [-0.39, 0.29) is 0 Å². The number of pyridine rings is 3. The molecule has 4 heteroatoms. The van der Waals surface area contributed by atoms with Crippen molar-refractivity contribution in [3.63, 3.8) is 0 Å². The van der Waals surface area contributed by atoms with E-state index >= 15 is 0 Å². The number of imidazole rings is 1. The van der Waals surface area contributed by atoms with Gasteiger partial charge in [-0.1, -0.05) is 42.5 Å². The second-order valence-electron chi connectivity index (χ2n) is 9.66. The Morgan fingerprint density at radius 2 is 1.57 bits per heavy atom. The van der Waals surface area contributed by atoms with Crippen LogP contribution in [0.15, 0.2) is 85.3 Å². The summed E-state index contributed by atoms with van der Waals surface area (Å²) < 4.78 is 2.24. The van der Waals surface area contributed by atoms with E-state index < -0.39 is 0 Å². The number of aromatic nitrogens is 4. The molecule has 35 heavy (non-hydrogen) atoms. The van der Waals surface area contributed by atoms with Gasteiger partial charge in [0.05, 0.1) is 11.0 Å². The molecular weight excluding hydrogens is 428 g/mol. The number of nitrogens with zero attached hydrogens (tertiary/aromatic N) is 4. The Morgan fingerprint density at radius 3 is 2.57 bits per heavy atom. The van der Waals surface area contributed by atoms with Crippen LogP contribution in [0.25, 0.3) is 60.7 Å². The molecule has 4 heterocycles. The Bertz CT molecular complexity index is 2070. The fourth-order valence-electron chi connectivity index (χ4n) is 6.61. The van der Waals surface area contributed by atoms with Crippen molar-refractivity contribution in [2.24, 2.45) is 0 Å². The molecule has 0 saturated carbocycles. The lowest BCUT2D eigenvalue weighted by molar-refractivity contribution is 1.24. The van der Waals surface area contributed by atoms with Crippen molar-refractivity contribution < 1.29 is 0 Å². The lowest BCUT2D eigenvalue weighted by atomic mass is 9.93. The summed E-state index contributed by atoms with van der Waals surface area (Å²) >= 11 is 0. The zero-order valence-corrected chi connectivity index (χ0v) is 18.8. The van der Waals surface area contributed by atoms with E-state index in [1.165, 1.54) is 55.3 Å². The maximum absolute atomic E-state index is 4.98. The highest BCUT2D eigenvalue weighted by Gasteiger charge is 2.30. The van der Waals surface area contributed by atoms with E-state index in [2.05, 4.69) is 75.0 Å². The molecule has 0 aliphatic heterocycles. The Balaban J connectivity index is 1.42. The van der Waals surface area contributed by atoms with Crippen LogP contribution in [0.3, 0.4) is 0 Å². The summed E-state index contributed by atoms with van der Waals surface area (Å²) in [6, 6.07) is 24.3. The Labute approximate surface area is 200 Å². The van der Waals surface area contributed by atoms with E-state index in [9.17, 15) is 0 Å². The standard InChI is InChI=1S/C31H18N4/c1-2-5-19-17(4-1)14-23-20(19)8-7-18-15-24-21(28(18)23)9-10-22-29(24)25-16-32-13-11-26(25)35-27-6-3-12-33-30(27)34-31(22)35/h1-13,16H,14-15H2. The summed E-state index contributed by atoms with van der Waals surface area (Å²) in [6.45, 7) is 0. The van der Waals surface area contributed by atoms with Crippen LogP contribution in [0.5, 0.6) is 0 Å². The van der Waals surface area contributed by atoms with Gasteiger partial charge in [-0.25, -0.2) is 9.97 Å². The van der Waals surface area contributed by atoms with Crippen LogP contribution in [-0.2, 0) is 12.8 Å². The number of hydrogen-bond acceptors (Lipinski definition) is 3. The molecule has 0 N–H and O–H groups in total. The van der Waals surface area contributed by atoms with E-state index in [0.29, 0.717) is 0 Å². The zero-order chi connectivity index (χ0) is 22.7. The highest BCUT2D eigenvalue weighted by molar-refractivity contribution is 6.17. The van der Waals surface area contributed by atoms with Crippen LogP contribution in [-0.4, -0.2) is 19.4 Å². The number of fused-ring (bicyclic) bond motifs is 16. The first-order chi connectivity index (χ1) is 17.4. The molecule has 162 valence electrons. The van der Waals surface area contributed by atoms with Crippen LogP contribution in [0.1, 0.15) is 22.3 Å². The fourth-order valence-corrected chi connectivity index (χ4v) is 6.61. The first-order valence-electron chi connectivity index (χ1n) is 12.0. The number of hydrogen-bond donors (Lipinski definition) is 0. The van der Waals surface area contributed by atoms with Gasteiger partial charge in [0.1, 0.15) is 5.65 Å². The predicted molar refractivity (Wildman–Crippen MR) is 140 cm³/mol. The van der Waals surface area contributed by atoms with E-state index in [0.717, 1.165) is 40.6 Å². The molecule has 0 bridgehead atoms. The molecule has 3 aromatic carbocycles. The summed E-state index contributed by atoms with van der Waals surface area (Å²) in [6.07, 6.45) is 7.64. The largest absolute Gasteiger partial charge is 0.290 e. The van der Waals surface area contributed by atoms with Crippen LogP contribution in [0.4, 0.5) is 0 Å².